The molecule has 0 unspecified atom stereocenters. The van der Waals surface area contributed by atoms with Crippen molar-refractivity contribution >= 4 is 60.7 Å². The van der Waals surface area contributed by atoms with E-state index in [1.54, 1.807) is 0 Å². The van der Waals surface area contributed by atoms with Gasteiger partial charge in [-0.2, -0.15) is 0 Å². The SMILES string of the molecule is Fc1ccc(-n2c3ccccc3c3ccc(N(c4ccc(-c5ccccc5)cc4)c4ccc5c(c4)c4ccccc4n5-c4ccccc4)cc32)cc1. The largest absolute Gasteiger partial charge is 0.310 e. The summed E-state index contributed by atoms with van der Waals surface area (Å²) in [6.45, 7) is 0. The molecule has 0 saturated carbocycles. The lowest BCUT2D eigenvalue weighted by Crippen LogP contribution is -2.10. The standard InChI is InChI=1S/C48H32FN3/c49-35-21-25-38(26-22-35)52-45-17-9-7-15-41(45)43-29-27-40(32-48(43)52)50(37-23-19-34(20-24-37)33-11-3-1-4-12-33)39-28-30-47-44(31-39)42-16-8-10-18-46(42)51(47)36-13-5-2-6-14-36/h1-32H. The normalized spacial score (nSPS) is 11.6. The van der Waals surface area contributed by atoms with E-state index >= 15 is 0 Å². The van der Waals surface area contributed by atoms with Crippen LogP contribution >= 0.6 is 0 Å². The van der Waals surface area contributed by atoms with Gasteiger partial charge in [0.15, 0.2) is 0 Å². The van der Waals surface area contributed by atoms with Crippen LogP contribution in [0.4, 0.5) is 21.5 Å². The molecule has 0 bridgehead atoms. The Morgan fingerprint density at radius 2 is 0.808 bits per heavy atom. The van der Waals surface area contributed by atoms with Crippen LogP contribution in [0.3, 0.4) is 0 Å². The zero-order chi connectivity index (χ0) is 34.6. The van der Waals surface area contributed by atoms with Crippen LogP contribution in [-0.4, -0.2) is 9.13 Å². The maximum absolute atomic E-state index is 14.1. The Hall–Kier alpha value is -6.91. The first kappa shape index (κ1) is 30.0. The van der Waals surface area contributed by atoms with Gasteiger partial charge < -0.3 is 14.0 Å². The van der Waals surface area contributed by atoms with Gasteiger partial charge in [0, 0.05) is 50.0 Å². The predicted molar refractivity (Wildman–Crippen MR) is 215 cm³/mol. The summed E-state index contributed by atoms with van der Waals surface area (Å²) in [4.78, 5) is 2.34. The number of nitrogens with zero attached hydrogens (tertiary/aromatic N) is 3. The third-order valence-corrected chi connectivity index (χ3v) is 10.2. The minimum absolute atomic E-state index is 0.251. The molecule has 0 saturated heterocycles. The number of hydrogen-bond donors (Lipinski definition) is 0. The first-order valence-electron chi connectivity index (χ1n) is 17.5. The van der Waals surface area contributed by atoms with Gasteiger partial charge in [0.25, 0.3) is 0 Å². The van der Waals surface area contributed by atoms with E-state index in [1.165, 1.54) is 34.0 Å². The van der Waals surface area contributed by atoms with Crippen molar-refractivity contribution in [1.29, 1.82) is 0 Å². The van der Waals surface area contributed by atoms with Crippen LogP contribution in [-0.2, 0) is 0 Å². The smallest absolute Gasteiger partial charge is 0.123 e. The average molecular weight is 670 g/mol. The van der Waals surface area contributed by atoms with Crippen LogP contribution in [0.5, 0.6) is 0 Å². The Bertz CT molecular complexity index is 2890. The molecule has 0 N–H and O–H groups in total. The summed E-state index contributed by atoms with van der Waals surface area (Å²) >= 11 is 0. The fraction of sp³-hybridized carbons (Fsp3) is 0. The first-order chi connectivity index (χ1) is 25.7. The van der Waals surface area contributed by atoms with Gasteiger partial charge in [-0.05, 0) is 102 Å². The molecule has 52 heavy (non-hydrogen) atoms. The van der Waals surface area contributed by atoms with Gasteiger partial charge >= 0.3 is 0 Å². The molecule has 2 heterocycles. The summed E-state index contributed by atoms with van der Waals surface area (Å²) in [7, 11) is 0. The average Bonchev–Trinajstić information content (AvgIpc) is 3.72. The van der Waals surface area contributed by atoms with Crippen molar-refractivity contribution in [2.24, 2.45) is 0 Å². The molecule has 10 aromatic rings. The second kappa shape index (κ2) is 12.1. The lowest BCUT2D eigenvalue weighted by atomic mass is 10.0. The summed E-state index contributed by atoms with van der Waals surface area (Å²) in [5.41, 5.74) is 12.0. The zero-order valence-electron chi connectivity index (χ0n) is 28.2. The number of halogens is 1. The van der Waals surface area contributed by atoms with E-state index in [2.05, 4.69) is 178 Å². The van der Waals surface area contributed by atoms with E-state index < -0.39 is 0 Å². The summed E-state index contributed by atoms with van der Waals surface area (Å²) in [5, 5.41) is 4.69. The van der Waals surface area contributed by atoms with Gasteiger partial charge in [0.1, 0.15) is 5.82 Å². The zero-order valence-corrected chi connectivity index (χ0v) is 28.2. The lowest BCUT2D eigenvalue weighted by Gasteiger charge is -2.26. The van der Waals surface area contributed by atoms with Crippen LogP contribution < -0.4 is 4.90 Å². The summed E-state index contributed by atoms with van der Waals surface area (Å²) in [6.07, 6.45) is 0. The molecule has 0 aliphatic heterocycles. The van der Waals surface area contributed by atoms with Gasteiger partial charge in [-0.25, -0.2) is 4.39 Å². The van der Waals surface area contributed by atoms with Crippen molar-refractivity contribution in [2.45, 2.75) is 0 Å². The highest BCUT2D eigenvalue weighted by Gasteiger charge is 2.20. The number of aromatic nitrogens is 2. The van der Waals surface area contributed by atoms with Crippen molar-refractivity contribution in [3.05, 3.63) is 200 Å². The van der Waals surface area contributed by atoms with Crippen molar-refractivity contribution in [2.75, 3.05) is 4.90 Å². The Balaban J connectivity index is 1.21. The fourth-order valence-corrected chi connectivity index (χ4v) is 7.80. The quantitative estimate of drug-likeness (QED) is 0.172. The number of anilines is 3. The molecule has 0 fully saturated rings. The van der Waals surface area contributed by atoms with Crippen molar-refractivity contribution in [3.63, 3.8) is 0 Å². The van der Waals surface area contributed by atoms with Gasteiger partial charge in [-0.15, -0.1) is 0 Å². The van der Waals surface area contributed by atoms with E-state index in [0.717, 1.165) is 61.3 Å². The molecule has 246 valence electrons. The third-order valence-electron chi connectivity index (χ3n) is 10.2. The summed E-state index contributed by atoms with van der Waals surface area (Å²) in [6, 6.07) is 67.2. The highest BCUT2D eigenvalue weighted by atomic mass is 19.1. The van der Waals surface area contributed by atoms with Crippen LogP contribution in [0.25, 0.3) is 66.1 Å². The molecule has 8 aromatic carbocycles. The second-order valence-electron chi connectivity index (χ2n) is 13.2. The van der Waals surface area contributed by atoms with Crippen LogP contribution in [0.15, 0.2) is 194 Å². The van der Waals surface area contributed by atoms with Crippen LogP contribution in [0.2, 0.25) is 0 Å². The molecule has 0 radical (unpaired) electrons. The number of benzene rings is 8. The van der Waals surface area contributed by atoms with Gasteiger partial charge in [-0.1, -0.05) is 103 Å². The minimum Gasteiger partial charge on any atom is -0.310 e. The molecular weight excluding hydrogens is 638 g/mol. The Kier molecular flexibility index (Phi) is 7.00. The fourth-order valence-electron chi connectivity index (χ4n) is 7.80. The number of rotatable bonds is 6. The Morgan fingerprint density at radius 3 is 1.52 bits per heavy atom. The van der Waals surface area contributed by atoms with Crippen molar-refractivity contribution in [3.8, 4) is 22.5 Å². The number of hydrogen-bond acceptors (Lipinski definition) is 1. The maximum Gasteiger partial charge on any atom is 0.123 e. The topological polar surface area (TPSA) is 13.1 Å². The monoisotopic (exact) mass is 669 g/mol. The molecule has 0 amide bonds. The molecule has 0 spiro atoms. The van der Waals surface area contributed by atoms with E-state index in [0.29, 0.717) is 0 Å². The third kappa shape index (κ3) is 4.88. The molecule has 0 aliphatic carbocycles. The van der Waals surface area contributed by atoms with Crippen molar-refractivity contribution < 1.29 is 4.39 Å². The van der Waals surface area contributed by atoms with Crippen LogP contribution in [0, 0.1) is 5.82 Å². The number of fused-ring (bicyclic) bond motifs is 6. The van der Waals surface area contributed by atoms with E-state index in [9.17, 15) is 4.39 Å². The van der Waals surface area contributed by atoms with Crippen LogP contribution in [0.1, 0.15) is 0 Å². The molecule has 2 aromatic heterocycles. The van der Waals surface area contributed by atoms with E-state index in [1.807, 2.05) is 18.2 Å². The highest BCUT2D eigenvalue weighted by Crippen LogP contribution is 2.42. The van der Waals surface area contributed by atoms with E-state index in [4.69, 9.17) is 0 Å². The lowest BCUT2D eigenvalue weighted by molar-refractivity contribution is 0.627. The summed E-state index contributed by atoms with van der Waals surface area (Å²) < 4.78 is 18.7. The molecule has 0 atom stereocenters. The van der Waals surface area contributed by atoms with Gasteiger partial charge in [-0.3, -0.25) is 0 Å². The molecule has 3 nitrogen and oxygen atoms in total. The maximum atomic E-state index is 14.1. The van der Waals surface area contributed by atoms with E-state index in [-0.39, 0.29) is 5.82 Å². The first-order valence-corrected chi connectivity index (χ1v) is 17.5. The molecule has 4 heteroatoms. The van der Waals surface area contributed by atoms with Gasteiger partial charge in [0.05, 0.1) is 22.1 Å². The Morgan fingerprint density at radius 1 is 0.327 bits per heavy atom. The second-order valence-corrected chi connectivity index (χ2v) is 13.2. The molecular formula is C48H32FN3. The summed E-state index contributed by atoms with van der Waals surface area (Å²) in [5.74, 6) is -0.251. The molecule has 0 aliphatic rings. The van der Waals surface area contributed by atoms with Crippen molar-refractivity contribution in [1.82, 2.24) is 9.13 Å². The predicted octanol–water partition coefficient (Wildman–Crippen LogP) is 13.2. The number of para-hydroxylation sites is 3. The van der Waals surface area contributed by atoms with Gasteiger partial charge in [0.2, 0.25) is 0 Å². The minimum atomic E-state index is -0.251. The Labute approximate surface area is 300 Å². The highest BCUT2D eigenvalue weighted by molar-refractivity contribution is 6.12. The molecule has 10 rings (SSSR count).